The molecule has 0 aromatic heterocycles. The average molecular weight is 325 g/mol. The third kappa shape index (κ3) is 6.30. The SMILES string of the molecule is CC(CNC(=O)OC(C)(C)C)NC1CCCC1C1CCCCN1. The minimum atomic E-state index is -0.441. The minimum absolute atomic E-state index is 0.261. The number of carbonyl (C=O) groups excluding carboxylic acids is 1. The van der Waals surface area contributed by atoms with E-state index in [1.54, 1.807) is 0 Å². The van der Waals surface area contributed by atoms with Gasteiger partial charge in [0.15, 0.2) is 0 Å². The second kappa shape index (κ2) is 8.34. The van der Waals surface area contributed by atoms with E-state index in [0.717, 1.165) is 5.92 Å². The highest BCUT2D eigenvalue weighted by molar-refractivity contribution is 5.67. The van der Waals surface area contributed by atoms with Crippen molar-refractivity contribution in [2.24, 2.45) is 5.92 Å². The van der Waals surface area contributed by atoms with E-state index in [9.17, 15) is 4.79 Å². The van der Waals surface area contributed by atoms with Gasteiger partial charge in [-0.3, -0.25) is 0 Å². The lowest BCUT2D eigenvalue weighted by atomic mass is 9.88. The van der Waals surface area contributed by atoms with E-state index in [0.29, 0.717) is 18.6 Å². The van der Waals surface area contributed by atoms with Gasteiger partial charge in [-0.05, 0) is 65.8 Å². The molecule has 1 aliphatic heterocycles. The van der Waals surface area contributed by atoms with Gasteiger partial charge in [-0.25, -0.2) is 4.79 Å². The Bertz CT molecular complexity index is 375. The fourth-order valence-corrected chi connectivity index (χ4v) is 3.90. The molecule has 2 rings (SSSR count). The van der Waals surface area contributed by atoms with Crippen LogP contribution in [0, 0.1) is 5.92 Å². The summed E-state index contributed by atoms with van der Waals surface area (Å²) in [6, 6.07) is 1.51. The Hall–Kier alpha value is -0.810. The Kier molecular flexibility index (Phi) is 6.72. The zero-order valence-corrected chi connectivity index (χ0v) is 15.3. The molecule has 2 aliphatic rings. The first-order valence-electron chi connectivity index (χ1n) is 9.31. The van der Waals surface area contributed by atoms with Gasteiger partial charge >= 0.3 is 6.09 Å². The predicted molar refractivity (Wildman–Crippen MR) is 93.6 cm³/mol. The molecular formula is C18H35N3O2. The molecule has 1 heterocycles. The number of hydrogen-bond acceptors (Lipinski definition) is 4. The molecule has 5 nitrogen and oxygen atoms in total. The fourth-order valence-electron chi connectivity index (χ4n) is 3.90. The summed E-state index contributed by atoms with van der Waals surface area (Å²) in [5, 5.41) is 10.3. The lowest BCUT2D eigenvalue weighted by Crippen LogP contribution is -2.51. The number of rotatable bonds is 5. The summed E-state index contributed by atoms with van der Waals surface area (Å²) in [7, 11) is 0. The van der Waals surface area contributed by atoms with Gasteiger partial charge in [0.05, 0.1) is 0 Å². The summed E-state index contributed by atoms with van der Waals surface area (Å²) in [6.07, 6.45) is 7.54. The molecule has 0 aromatic carbocycles. The van der Waals surface area contributed by atoms with Crippen molar-refractivity contribution in [1.29, 1.82) is 0 Å². The first-order valence-corrected chi connectivity index (χ1v) is 9.31. The molecule has 0 aromatic rings. The molecule has 3 N–H and O–H groups in total. The van der Waals surface area contributed by atoms with Crippen molar-refractivity contribution in [3.8, 4) is 0 Å². The topological polar surface area (TPSA) is 62.4 Å². The van der Waals surface area contributed by atoms with Crippen LogP contribution >= 0.6 is 0 Å². The van der Waals surface area contributed by atoms with Crippen LogP contribution in [0.15, 0.2) is 0 Å². The van der Waals surface area contributed by atoms with Crippen molar-refractivity contribution in [2.45, 2.75) is 89.9 Å². The number of amides is 1. The summed E-state index contributed by atoms with van der Waals surface area (Å²) >= 11 is 0. The quantitative estimate of drug-likeness (QED) is 0.727. The van der Waals surface area contributed by atoms with Crippen molar-refractivity contribution in [1.82, 2.24) is 16.0 Å². The van der Waals surface area contributed by atoms with E-state index >= 15 is 0 Å². The number of ether oxygens (including phenoxy) is 1. The third-order valence-electron chi connectivity index (χ3n) is 4.88. The van der Waals surface area contributed by atoms with Crippen LogP contribution in [0.4, 0.5) is 4.79 Å². The zero-order valence-electron chi connectivity index (χ0n) is 15.3. The standard InChI is InChI=1S/C18H35N3O2/c1-13(12-20-17(22)23-18(2,3)4)21-16-10-7-8-14(16)15-9-5-6-11-19-15/h13-16,19,21H,5-12H2,1-4H3,(H,20,22). The van der Waals surface area contributed by atoms with E-state index in [1.165, 1.54) is 45.1 Å². The van der Waals surface area contributed by atoms with E-state index < -0.39 is 5.60 Å². The molecule has 5 heteroatoms. The smallest absolute Gasteiger partial charge is 0.407 e. The van der Waals surface area contributed by atoms with Crippen LogP contribution in [-0.4, -0.2) is 42.9 Å². The Labute approximate surface area is 141 Å². The fraction of sp³-hybridized carbons (Fsp3) is 0.944. The molecule has 4 atom stereocenters. The zero-order chi connectivity index (χ0) is 16.9. The van der Waals surface area contributed by atoms with Gasteiger partial charge in [0, 0.05) is 24.7 Å². The molecule has 0 spiro atoms. The van der Waals surface area contributed by atoms with E-state index in [4.69, 9.17) is 4.74 Å². The number of alkyl carbamates (subject to hydrolysis) is 1. The van der Waals surface area contributed by atoms with Gasteiger partial charge in [0.1, 0.15) is 5.60 Å². The van der Waals surface area contributed by atoms with Gasteiger partial charge in [-0.2, -0.15) is 0 Å². The third-order valence-corrected chi connectivity index (χ3v) is 4.88. The van der Waals surface area contributed by atoms with Crippen LogP contribution in [-0.2, 0) is 4.74 Å². The Morgan fingerprint density at radius 1 is 1.22 bits per heavy atom. The molecular weight excluding hydrogens is 290 g/mol. The first-order chi connectivity index (χ1) is 10.8. The lowest BCUT2D eigenvalue weighted by Gasteiger charge is -2.34. The van der Waals surface area contributed by atoms with E-state index in [2.05, 4.69) is 22.9 Å². The van der Waals surface area contributed by atoms with Gasteiger partial charge in [0.2, 0.25) is 0 Å². The normalized spacial score (nSPS) is 30.0. The van der Waals surface area contributed by atoms with E-state index in [-0.39, 0.29) is 12.1 Å². The molecule has 2 fully saturated rings. The monoisotopic (exact) mass is 325 g/mol. The van der Waals surface area contributed by atoms with Crippen molar-refractivity contribution >= 4 is 6.09 Å². The van der Waals surface area contributed by atoms with Crippen LogP contribution in [0.3, 0.4) is 0 Å². The second-order valence-corrected chi connectivity index (χ2v) is 8.21. The van der Waals surface area contributed by atoms with Crippen molar-refractivity contribution < 1.29 is 9.53 Å². The highest BCUT2D eigenvalue weighted by Gasteiger charge is 2.34. The minimum Gasteiger partial charge on any atom is -0.444 e. The van der Waals surface area contributed by atoms with Crippen molar-refractivity contribution in [3.05, 3.63) is 0 Å². The first kappa shape index (κ1) is 18.5. The molecule has 0 radical (unpaired) electrons. The van der Waals surface area contributed by atoms with Crippen LogP contribution in [0.1, 0.15) is 66.2 Å². The molecule has 0 bridgehead atoms. The molecule has 134 valence electrons. The highest BCUT2D eigenvalue weighted by atomic mass is 16.6. The molecule has 1 amide bonds. The molecule has 1 saturated heterocycles. The van der Waals surface area contributed by atoms with Crippen molar-refractivity contribution in [2.75, 3.05) is 13.1 Å². The Morgan fingerprint density at radius 2 is 2.00 bits per heavy atom. The lowest BCUT2D eigenvalue weighted by molar-refractivity contribution is 0.0522. The number of carbonyl (C=O) groups is 1. The summed E-state index contributed by atoms with van der Waals surface area (Å²) in [5.41, 5.74) is -0.441. The number of nitrogens with one attached hydrogen (secondary N) is 3. The summed E-state index contributed by atoms with van der Waals surface area (Å²) < 4.78 is 5.29. The molecule has 23 heavy (non-hydrogen) atoms. The highest BCUT2D eigenvalue weighted by Crippen LogP contribution is 2.31. The van der Waals surface area contributed by atoms with Crippen LogP contribution < -0.4 is 16.0 Å². The average Bonchev–Trinajstić information content (AvgIpc) is 2.92. The second-order valence-electron chi connectivity index (χ2n) is 8.21. The van der Waals surface area contributed by atoms with Crippen molar-refractivity contribution in [3.63, 3.8) is 0 Å². The summed E-state index contributed by atoms with van der Waals surface area (Å²) in [4.78, 5) is 11.7. The van der Waals surface area contributed by atoms with E-state index in [1.807, 2.05) is 20.8 Å². The number of hydrogen-bond donors (Lipinski definition) is 3. The summed E-state index contributed by atoms with van der Waals surface area (Å²) in [5.74, 6) is 0.735. The van der Waals surface area contributed by atoms with Gasteiger partial charge in [-0.1, -0.05) is 12.8 Å². The Morgan fingerprint density at radius 3 is 2.65 bits per heavy atom. The maximum atomic E-state index is 11.7. The van der Waals surface area contributed by atoms with Gasteiger partial charge in [-0.15, -0.1) is 0 Å². The summed E-state index contributed by atoms with van der Waals surface area (Å²) in [6.45, 7) is 9.57. The van der Waals surface area contributed by atoms with Crippen LogP contribution in [0.25, 0.3) is 0 Å². The molecule has 1 saturated carbocycles. The molecule has 4 unspecified atom stereocenters. The Balaban J connectivity index is 1.73. The van der Waals surface area contributed by atoms with Gasteiger partial charge in [0.25, 0.3) is 0 Å². The van der Waals surface area contributed by atoms with Gasteiger partial charge < -0.3 is 20.7 Å². The largest absolute Gasteiger partial charge is 0.444 e. The van der Waals surface area contributed by atoms with Crippen LogP contribution in [0.5, 0.6) is 0 Å². The maximum Gasteiger partial charge on any atom is 0.407 e. The number of piperidine rings is 1. The molecule has 1 aliphatic carbocycles. The van der Waals surface area contributed by atoms with Crippen LogP contribution in [0.2, 0.25) is 0 Å². The predicted octanol–water partition coefficient (Wildman–Crippen LogP) is 2.80. The maximum absolute atomic E-state index is 11.7.